The molecule has 0 spiro atoms. The van der Waals surface area contributed by atoms with Crippen molar-refractivity contribution in [1.82, 2.24) is 4.57 Å². The molecule has 3 aromatic rings. The highest BCUT2D eigenvalue weighted by molar-refractivity contribution is 7.17. The molecule has 1 N–H and O–H groups in total. The highest BCUT2D eigenvalue weighted by Gasteiger charge is 2.18. The lowest BCUT2D eigenvalue weighted by Gasteiger charge is -2.11. The molecule has 24 heavy (non-hydrogen) atoms. The van der Waals surface area contributed by atoms with Gasteiger partial charge in [0.05, 0.1) is 17.3 Å². The summed E-state index contributed by atoms with van der Waals surface area (Å²) in [4.78, 5) is 24.4. The van der Waals surface area contributed by atoms with Gasteiger partial charge in [-0.2, -0.15) is 0 Å². The van der Waals surface area contributed by atoms with Gasteiger partial charge in [-0.15, -0.1) is 11.3 Å². The standard InChI is InChI=1S/C18H18N2O3S/c1-11-4-5-13(8-12(11)2)19-17(21)10-20-14-6-7-24-16(14)9-15(20)18(22)23-3/h4-9H,10H2,1-3H3,(H,19,21). The van der Waals surface area contributed by atoms with Gasteiger partial charge in [-0.05, 0) is 54.6 Å². The number of aryl methyl sites for hydroxylation is 2. The molecule has 0 radical (unpaired) electrons. The van der Waals surface area contributed by atoms with Gasteiger partial charge in [0.15, 0.2) is 0 Å². The van der Waals surface area contributed by atoms with Crippen molar-refractivity contribution in [2.24, 2.45) is 0 Å². The van der Waals surface area contributed by atoms with Crippen molar-refractivity contribution in [2.45, 2.75) is 20.4 Å². The molecule has 0 unspecified atom stereocenters. The Bertz CT molecular complexity index is 924. The Morgan fingerprint density at radius 3 is 2.67 bits per heavy atom. The van der Waals surface area contributed by atoms with Crippen LogP contribution in [0.5, 0.6) is 0 Å². The number of nitrogens with one attached hydrogen (secondary N) is 1. The van der Waals surface area contributed by atoms with Gasteiger partial charge in [-0.25, -0.2) is 4.79 Å². The van der Waals surface area contributed by atoms with E-state index in [9.17, 15) is 9.59 Å². The van der Waals surface area contributed by atoms with Crippen molar-refractivity contribution >= 4 is 39.1 Å². The van der Waals surface area contributed by atoms with Gasteiger partial charge < -0.3 is 14.6 Å². The van der Waals surface area contributed by atoms with Gasteiger partial charge in [-0.3, -0.25) is 4.79 Å². The first kappa shape index (κ1) is 16.3. The van der Waals surface area contributed by atoms with Crippen LogP contribution in [0.1, 0.15) is 21.6 Å². The Morgan fingerprint density at radius 1 is 1.17 bits per heavy atom. The van der Waals surface area contributed by atoms with E-state index in [2.05, 4.69) is 5.32 Å². The van der Waals surface area contributed by atoms with Crippen LogP contribution < -0.4 is 5.32 Å². The number of nitrogens with zero attached hydrogens (tertiary/aromatic N) is 1. The number of ether oxygens (including phenoxy) is 1. The van der Waals surface area contributed by atoms with E-state index in [1.54, 1.807) is 10.6 Å². The summed E-state index contributed by atoms with van der Waals surface area (Å²) in [6.07, 6.45) is 0. The van der Waals surface area contributed by atoms with Gasteiger partial charge in [0.25, 0.3) is 0 Å². The lowest BCUT2D eigenvalue weighted by molar-refractivity contribution is -0.116. The number of esters is 1. The summed E-state index contributed by atoms with van der Waals surface area (Å²) in [7, 11) is 1.34. The van der Waals surface area contributed by atoms with Crippen molar-refractivity contribution in [3.05, 3.63) is 52.5 Å². The smallest absolute Gasteiger partial charge is 0.354 e. The third kappa shape index (κ3) is 3.05. The Labute approximate surface area is 143 Å². The number of fused-ring (bicyclic) bond motifs is 1. The number of anilines is 1. The van der Waals surface area contributed by atoms with E-state index in [1.165, 1.54) is 24.0 Å². The maximum absolute atomic E-state index is 12.4. The van der Waals surface area contributed by atoms with Gasteiger partial charge in [0.2, 0.25) is 5.91 Å². The highest BCUT2D eigenvalue weighted by atomic mass is 32.1. The Morgan fingerprint density at radius 2 is 1.96 bits per heavy atom. The number of carbonyl (C=O) groups is 2. The topological polar surface area (TPSA) is 60.3 Å². The van der Waals surface area contributed by atoms with E-state index < -0.39 is 5.97 Å². The van der Waals surface area contributed by atoms with E-state index in [0.717, 1.165) is 21.5 Å². The fourth-order valence-electron chi connectivity index (χ4n) is 2.58. The molecule has 0 bridgehead atoms. The molecule has 0 aliphatic rings. The van der Waals surface area contributed by atoms with Crippen molar-refractivity contribution < 1.29 is 14.3 Å². The minimum atomic E-state index is -0.447. The number of carbonyl (C=O) groups excluding carboxylic acids is 2. The van der Waals surface area contributed by atoms with E-state index in [4.69, 9.17) is 4.74 Å². The third-order valence-electron chi connectivity index (χ3n) is 4.01. The monoisotopic (exact) mass is 342 g/mol. The molecule has 2 heterocycles. The highest BCUT2D eigenvalue weighted by Crippen LogP contribution is 2.26. The summed E-state index contributed by atoms with van der Waals surface area (Å²) in [5.41, 5.74) is 4.28. The fraction of sp³-hybridized carbons (Fsp3) is 0.222. The van der Waals surface area contributed by atoms with E-state index in [-0.39, 0.29) is 12.5 Å². The number of amides is 1. The average Bonchev–Trinajstić information content (AvgIpc) is 3.13. The predicted molar refractivity (Wildman–Crippen MR) is 95.7 cm³/mol. The number of rotatable bonds is 4. The molecule has 5 nitrogen and oxygen atoms in total. The van der Waals surface area contributed by atoms with Crippen LogP contribution in [-0.4, -0.2) is 23.6 Å². The molecular formula is C18H18N2O3S. The molecule has 124 valence electrons. The van der Waals surface area contributed by atoms with E-state index in [1.807, 2.05) is 43.5 Å². The van der Waals surface area contributed by atoms with Crippen LogP contribution in [0, 0.1) is 13.8 Å². The Balaban J connectivity index is 1.85. The summed E-state index contributed by atoms with van der Waals surface area (Å²) in [6, 6.07) is 9.43. The van der Waals surface area contributed by atoms with Crippen LogP contribution in [-0.2, 0) is 16.1 Å². The molecule has 6 heteroatoms. The van der Waals surface area contributed by atoms with Gasteiger partial charge in [-0.1, -0.05) is 6.07 Å². The molecule has 0 atom stereocenters. The number of aromatic nitrogens is 1. The molecular weight excluding hydrogens is 324 g/mol. The summed E-state index contributed by atoms with van der Waals surface area (Å²) in [6.45, 7) is 4.08. The first-order chi connectivity index (χ1) is 11.5. The zero-order valence-corrected chi connectivity index (χ0v) is 14.6. The molecule has 0 saturated heterocycles. The van der Waals surface area contributed by atoms with E-state index in [0.29, 0.717) is 5.69 Å². The van der Waals surface area contributed by atoms with Crippen LogP contribution in [0.2, 0.25) is 0 Å². The summed E-state index contributed by atoms with van der Waals surface area (Å²) < 4.78 is 7.46. The van der Waals surface area contributed by atoms with Crippen molar-refractivity contribution in [2.75, 3.05) is 12.4 Å². The fourth-order valence-corrected chi connectivity index (χ4v) is 3.41. The van der Waals surface area contributed by atoms with E-state index >= 15 is 0 Å². The summed E-state index contributed by atoms with van der Waals surface area (Å²) in [5.74, 6) is -0.635. The largest absolute Gasteiger partial charge is 0.464 e. The van der Waals surface area contributed by atoms with Crippen molar-refractivity contribution in [3.8, 4) is 0 Å². The van der Waals surface area contributed by atoms with Crippen LogP contribution in [0.25, 0.3) is 10.2 Å². The Hall–Kier alpha value is -2.60. The molecule has 1 aromatic carbocycles. The number of methoxy groups -OCH3 is 1. The Kier molecular flexibility index (Phi) is 4.40. The normalized spacial score (nSPS) is 10.8. The molecule has 0 fully saturated rings. The zero-order valence-electron chi connectivity index (χ0n) is 13.8. The van der Waals surface area contributed by atoms with Crippen molar-refractivity contribution in [1.29, 1.82) is 0 Å². The first-order valence-corrected chi connectivity index (χ1v) is 8.39. The molecule has 3 rings (SSSR count). The first-order valence-electron chi connectivity index (χ1n) is 7.51. The quantitative estimate of drug-likeness (QED) is 0.735. The SMILES string of the molecule is COC(=O)c1cc2sccc2n1CC(=O)Nc1ccc(C)c(C)c1. The lowest BCUT2D eigenvalue weighted by Crippen LogP contribution is -2.21. The zero-order chi connectivity index (χ0) is 17.3. The number of hydrogen-bond donors (Lipinski definition) is 1. The lowest BCUT2D eigenvalue weighted by atomic mass is 10.1. The van der Waals surface area contributed by atoms with Gasteiger partial charge in [0, 0.05) is 5.69 Å². The number of thiophene rings is 1. The average molecular weight is 342 g/mol. The molecule has 1 amide bonds. The minimum absolute atomic E-state index is 0.0532. The van der Waals surface area contributed by atoms with Gasteiger partial charge >= 0.3 is 5.97 Å². The summed E-state index contributed by atoms with van der Waals surface area (Å²) >= 11 is 1.52. The molecule has 2 aromatic heterocycles. The van der Waals surface area contributed by atoms with Crippen LogP contribution in [0.15, 0.2) is 35.7 Å². The second kappa shape index (κ2) is 6.49. The minimum Gasteiger partial charge on any atom is -0.464 e. The van der Waals surface area contributed by atoms with Crippen LogP contribution in [0.4, 0.5) is 5.69 Å². The molecule has 0 aliphatic heterocycles. The van der Waals surface area contributed by atoms with Gasteiger partial charge in [0.1, 0.15) is 12.2 Å². The third-order valence-corrected chi connectivity index (χ3v) is 4.86. The predicted octanol–water partition coefficient (Wildman–Crippen LogP) is 3.74. The van der Waals surface area contributed by atoms with Crippen LogP contribution in [0.3, 0.4) is 0 Å². The van der Waals surface area contributed by atoms with Crippen LogP contribution >= 0.6 is 11.3 Å². The maximum Gasteiger partial charge on any atom is 0.354 e. The number of hydrogen-bond acceptors (Lipinski definition) is 4. The maximum atomic E-state index is 12.4. The number of benzene rings is 1. The second-order valence-electron chi connectivity index (χ2n) is 5.62. The summed E-state index contributed by atoms with van der Waals surface area (Å²) in [5, 5.41) is 4.81. The van der Waals surface area contributed by atoms with Crippen molar-refractivity contribution in [3.63, 3.8) is 0 Å². The molecule has 0 aliphatic carbocycles. The molecule has 0 saturated carbocycles. The second-order valence-corrected chi connectivity index (χ2v) is 6.57.